The zero-order chi connectivity index (χ0) is 16.4. The third kappa shape index (κ3) is 3.28. The van der Waals surface area contributed by atoms with E-state index < -0.39 is 0 Å². The van der Waals surface area contributed by atoms with Crippen LogP contribution < -0.4 is 0 Å². The van der Waals surface area contributed by atoms with Gasteiger partial charge in [0.2, 0.25) is 5.91 Å². The van der Waals surface area contributed by atoms with Crippen molar-refractivity contribution in [1.29, 1.82) is 0 Å². The number of hydrogen-bond donors (Lipinski definition) is 0. The molecule has 1 saturated carbocycles. The largest absolute Gasteiger partial charge is 0.339 e. The van der Waals surface area contributed by atoms with Crippen molar-refractivity contribution in [2.24, 2.45) is 5.92 Å². The Labute approximate surface area is 142 Å². The lowest BCUT2D eigenvalue weighted by Crippen LogP contribution is -2.38. The molecule has 2 fully saturated rings. The highest BCUT2D eigenvalue weighted by Crippen LogP contribution is 2.32. The second-order valence-corrected chi connectivity index (χ2v) is 7.19. The second-order valence-electron chi connectivity index (χ2n) is 7.19. The van der Waals surface area contributed by atoms with Crippen molar-refractivity contribution in [3.05, 3.63) is 24.3 Å². The van der Waals surface area contributed by atoms with E-state index >= 15 is 0 Å². The number of nitrogens with zero attached hydrogens (tertiary/aromatic N) is 5. The minimum absolute atomic E-state index is 0.171. The highest BCUT2D eigenvalue weighted by molar-refractivity contribution is 5.78. The molecule has 6 nitrogen and oxygen atoms in total. The Bertz CT molecular complexity index is 673. The summed E-state index contributed by atoms with van der Waals surface area (Å²) in [7, 11) is 0. The summed E-state index contributed by atoms with van der Waals surface area (Å²) in [5.74, 6) is 2.11. The van der Waals surface area contributed by atoms with E-state index in [-0.39, 0.29) is 12.3 Å². The van der Waals surface area contributed by atoms with Crippen LogP contribution in [0.15, 0.2) is 18.5 Å². The molecule has 1 saturated heterocycles. The van der Waals surface area contributed by atoms with Gasteiger partial charge in [-0.2, -0.15) is 4.98 Å². The van der Waals surface area contributed by atoms with Crippen LogP contribution in [0.1, 0.15) is 57.2 Å². The SMILES string of the molecule is O=C(Cc1nc2ncccn2n1)N1CCC[C@@H]1CC1CCCCC1. The van der Waals surface area contributed by atoms with Gasteiger partial charge in [0.15, 0.2) is 5.82 Å². The van der Waals surface area contributed by atoms with Crippen molar-refractivity contribution in [3.8, 4) is 0 Å². The minimum atomic E-state index is 0.171. The molecule has 6 heteroatoms. The van der Waals surface area contributed by atoms with E-state index in [1.54, 1.807) is 10.7 Å². The summed E-state index contributed by atoms with van der Waals surface area (Å²) in [5, 5.41) is 4.36. The predicted octanol–water partition coefficient (Wildman–Crippen LogP) is 2.63. The molecular weight excluding hydrogens is 302 g/mol. The first-order chi connectivity index (χ1) is 11.8. The van der Waals surface area contributed by atoms with E-state index in [1.807, 2.05) is 12.3 Å². The first-order valence-corrected chi connectivity index (χ1v) is 9.25. The number of hydrogen-bond acceptors (Lipinski definition) is 4. The normalized spacial score (nSPS) is 22.3. The van der Waals surface area contributed by atoms with E-state index in [0.717, 1.165) is 25.3 Å². The van der Waals surface area contributed by atoms with Crippen molar-refractivity contribution in [3.63, 3.8) is 0 Å². The van der Waals surface area contributed by atoms with Crippen molar-refractivity contribution >= 4 is 11.7 Å². The first-order valence-electron chi connectivity index (χ1n) is 9.25. The first kappa shape index (κ1) is 15.5. The molecule has 2 aromatic heterocycles. The van der Waals surface area contributed by atoms with Crippen LogP contribution in [-0.2, 0) is 11.2 Å². The third-order valence-electron chi connectivity index (χ3n) is 5.50. The van der Waals surface area contributed by atoms with E-state index in [2.05, 4.69) is 20.0 Å². The lowest BCUT2D eigenvalue weighted by atomic mass is 9.84. The summed E-state index contributed by atoms with van der Waals surface area (Å²) in [6.07, 6.45) is 14.1. The summed E-state index contributed by atoms with van der Waals surface area (Å²) in [5.41, 5.74) is 0. The Kier molecular flexibility index (Phi) is 4.45. The molecule has 0 N–H and O–H groups in total. The summed E-state index contributed by atoms with van der Waals surface area (Å²) in [4.78, 5) is 23.4. The average molecular weight is 327 g/mol. The number of carbonyl (C=O) groups excluding carboxylic acids is 1. The molecular formula is C18H25N5O. The molecule has 1 aliphatic carbocycles. The highest BCUT2D eigenvalue weighted by atomic mass is 16.2. The molecule has 1 amide bonds. The Balaban J connectivity index is 1.40. The number of likely N-dealkylation sites (tertiary alicyclic amines) is 1. The molecule has 128 valence electrons. The summed E-state index contributed by atoms with van der Waals surface area (Å²) in [6, 6.07) is 2.24. The van der Waals surface area contributed by atoms with Gasteiger partial charge in [0.05, 0.1) is 6.42 Å². The molecule has 3 heterocycles. The van der Waals surface area contributed by atoms with E-state index in [4.69, 9.17) is 0 Å². The Morgan fingerprint density at radius 1 is 1.17 bits per heavy atom. The van der Waals surface area contributed by atoms with Crippen LogP contribution in [-0.4, -0.2) is 43.0 Å². The van der Waals surface area contributed by atoms with Gasteiger partial charge in [-0.1, -0.05) is 32.1 Å². The molecule has 1 atom stereocenters. The molecule has 0 aromatic carbocycles. The molecule has 1 aliphatic heterocycles. The monoisotopic (exact) mass is 327 g/mol. The van der Waals surface area contributed by atoms with Crippen LogP contribution in [0.5, 0.6) is 0 Å². The van der Waals surface area contributed by atoms with Crippen LogP contribution in [0, 0.1) is 5.92 Å². The van der Waals surface area contributed by atoms with Gasteiger partial charge in [0, 0.05) is 25.0 Å². The van der Waals surface area contributed by atoms with Crippen molar-refractivity contribution in [2.45, 2.75) is 63.8 Å². The van der Waals surface area contributed by atoms with Crippen LogP contribution in [0.4, 0.5) is 0 Å². The molecule has 0 unspecified atom stereocenters. The molecule has 0 radical (unpaired) electrons. The minimum Gasteiger partial charge on any atom is -0.339 e. The van der Waals surface area contributed by atoms with Crippen molar-refractivity contribution in [2.75, 3.05) is 6.54 Å². The third-order valence-corrected chi connectivity index (χ3v) is 5.50. The van der Waals surface area contributed by atoms with Crippen molar-refractivity contribution in [1.82, 2.24) is 24.5 Å². The maximum atomic E-state index is 12.8. The maximum Gasteiger partial charge on any atom is 0.252 e. The van der Waals surface area contributed by atoms with E-state index in [0.29, 0.717) is 17.6 Å². The molecule has 0 spiro atoms. The number of rotatable bonds is 4. The van der Waals surface area contributed by atoms with Gasteiger partial charge in [0.1, 0.15) is 0 Å². The van der Waals surface area contributed by atoms with E-state index in [1.165, 1.54) is 38.5 Å². The van der Waals surface area contributed by atoms with Gasteiger partial charge >= 0.3 is 0 Å². The smallest absolute Gasteiger partial charge is 0.252 e. The standard InChI is InChI=1S/C18H25N5O/c24-17(13-16-20-18-19-9-5-11-23(18)21-16)22-10-4-8-15(22)12-14-6-2-1-3-7-14/h5,9,11,14-15H,1-4,6-8,10,12-13H2/t15-/m1/s1. The van der Waals surface area contributed by atoms with Crippen LogP contribution in [0.2, 0.25) is 0 Å². The predicted molar refractivity (Wildman–Crippen MR) is 90.4 cm³/mol. The molecule has 0 bridgehead atoms. The van der Waals surface area contributed by atoms with E-state index in [9.17, 15) is 4.79 Å². The second kappa shape index (κ2) is 6.87. The van der Waals surface area contributed by atoms with Gasteiger partial charge in [-0.15, -0.1) is 5.10 Å². The Hall–Kier alpha value is -1.98. The molecule has 2 aliphatic rings. The fraction of sp³-hybridized carbons (Fsp3) is 0.667. The maximum absolute atomic E-state index is 12.8. The summed E-state index contributed by atoms with van der Waals surface area (Å²) >= 11 is 0. The number of amides is 1. The van der Waals surface area contributed by atoms with Crippen molar-refractivity contribution < 1.29 is 4.79 Å². The van der Waals surface area contributed by atoms with Crippen LogP contribution >= 0.6 is 0 Å². The van der Waals surface area contributed by atoms with Crippen LogP contribution in [0.25, 0.3) is 5.78 Å². The number of fused-ring (bicyclic) bond motifs is 1. The Morgan fingerprint density at radius 3 is 2.88 bits per heavy atom. The van der Waals surface area contributed by atoms with Gasteiger partial charge in [0.25, 0.3) is 5.78 Å². The highest BCUT2D eigenvalue weighted by Gasteiger charge is 2.31. The van der Waals surface area contributed by atoms with Gasteiger partial charge in [-0.3, -0.25) is 4.79 Å². The van der Waals surface area contributed by atoms with Gasteiger partial charge in [-0.25, -0.2) is 9.50 Å². The lowest BCUT2D eigenvalue weighted by molar-refractivity contribution is -0.131. The van der Waals surface area contributed by atoms with Gasteiger partial charge in [-0.05, 0) is 31.2 Å². The summed E-state index contributed by atoms with van der Waals surface area (Å²) < 4.78 is 1.63. The number of aromatic nitrogens is 4. The fourth-order valence-corrected chi connectivity index (χ4v) is 4.30. The molecule has 4 rings (SSSR count). The fourth-order valence-electron chi connectivity index (χ4n) is 4.30. The van der Waals surface area contributed by atoms with Gasteiger partial charge < -0.3 is 4.90 Å². The zero-order valence-corrected chi connectivity index (χ0v) is 14.1. The quantitative estimate of drug-likeness (QED) is 0.866. The average Bonchev–Trinajstić information content (AvgIpc) is 3.21. The summed E-state index contributed by atoms with van der Waals surface area (Å²) in [6.45, 7) is 0.891. The molecule has 24 heavy (non-hydrogen) atoms. The lowest BCUT2D eigenvalue weighted by Gasteiger charge is -2.30. The van der Waals surface area contributed by atoms with Crippen LogP contribution in [0.3, 0.4) is 0 Å². The number of carbonyl (C=O) groups is 1. The Morgan fingerprint density at radius 2 is 2.04 bits per heavy atom. The topological polar surface area (TPSA) is 63.4 Å². The molecule has 2 aromatic rings. The zero-order valence-electron chi connectivity index (χ0n) is 14.1.